The van der Waals surface area contributed by atoms with Crippen molar-refractivity contribution in [1.82, 2.24) is 19.1 Å². The Kier molecular flexibility index (Phi) is 7.37. The number of nitrogens with zero attached hydrogens (tertiary/aromatic N) is 5. The van der Waals surface area contributed by atoms with E-state index in [2.05, 4.69) is 23.2 Å². The summed E-state index contributed by atoms with van der Waals surface area (Å²) in [6.07, 6.45) is 0.835. The number of para-hydroxylation sites is 2. The maximum atomic E-state index is 13.4. The van der Waals surface area contributed by atoms with E-state index in [4.69, 9.17) is 0 Å². The van der Waals surface area contributed by atoms with Crippen LogP contribution in [-0.2, 0) is 21.2 Å². The maximum Gasteiger partial charge on any atom is 0.242 e. The average molecular weight is 562 g/mol. The van der Waals surface area contributed by atoms with Crippen molar-refractivity contribution in [2.75, 3.05) is 24.7 Å². The van der Waals surface area contributed by atoms with E-state index in [0.717, 1.165) is 28.9 Å². The lowest BCUT2D eigenvalue weighted by Crippen LogP contribution is -2.37. The molecule has 1 aliphatic rings. The Labute approximate surface area is 233 Å². The zero-order chi connectivity index (χ0) is 27.9. The van der Waals surface area contributed by atoms with Crippen LogP contribution < -0.4 is 4.90 Å². The first-order valence-corrected chi connectivity index (χ1v) is 15.1. The predicted molar refractivity (Wildman–Crippen MR) is 155 cm³/mol. The first kappa shape index (κ1) is 27.1. The third-order valence-corrected chi connectivity index (χ3v) is 9.69. The quantitative estimate of drug-likeness (QED) is 0.299. The summed E-state index contributed by atoms with van der Waals surface area (Å²) in [7, 11) is -0.621. The summed E-state index contributed by atoms with van der Waals surface area (Å²) in [6, 6.07) is 20.9. The van der Waals surface area contributed by atoms with Crippen LogP contribution in [0, 0.1) is 13.8 Å². The van der Waals surface area contributed by atoms with Crippen molar-refractivity contribution >= 4 is 33.4 Å². The maximum absolute atomic E-state index is 13.4. The number of aryl methyl sites for hydroxylation is 2. The third kappa shape index (κ3) is 4.99. The van der Waals surface area contributed by atoms with Crippen LogP contribution >= 0.6 is 11.8 Å². The van der Waals surface area contributed by atoms with E-state index in [0.29, 0.717) is 16.5 Å². The molecule has 1 amide bonds. The highest BCUT2D eigenvalue weighted by Gasteiger charge is 2.31. The number of anilines is 1. The number of thioether (sulfide) groups is 1. The Balaban J connectivity index is 1.54. The molecule has 0 saturated heterocycles. The van der Waals surface area contributed by atoms with Gasteiger partial charge in [0.2, 0.25) is 15.9 Å². The van der Waals surface area contributed by atoms with Gasteiger partial charge in [0.15, 0.2) is 11.0 Å². The van der Waals surface area contributed by atoms with Gasteiger partial charge < -0.3 is 4.90 Å². The van der Waals surface area contributed by atoms with Crippen molar-refractivity contribution in [3.8, 4) is 17.1 Å². The van der Waals surface area contributed by atoms with Gasteiger partial charge in [0, 0.05) is 31.4 Å². The summed E-state index contributed by atoms with van der Waals surface area (Å²) < 4.78 is 28.8. The van der Waals surface area contributed by atoms with Gasteiger partial charge in [0.05, 0.1) is 16.3 Å². The van der Waals surface area contributed by atoms with Crippen molar-refractivity contribution in [2.24, 2.45) is 0 Å². The summed E-state index contributed by atoms with van der Waals surface area (Å²) in [5, 5.41) is 9.55. The second kappa shape index (κ2) is 10.6. The number of hydrogen-bond acceptors (Lipinski definition) is 6. The molecule has 0 bridgehead atoms. The number of amides is 1. The van der Waals surface area contributed by atoms with Gasteiger partial charge in [-0.3, -0.25) is 9.36 Å². The van der Waals surface area contributed by atoms with Crippen LogP contribution in [0.4, 0.5) is 5.69 Å². The van der Waals surface area contributed by atoms with Crippen LogP contribution in [-0.4, -0.2) is 59.3 Å². The molecule has 0 aliphatic carbocycles. The summed E-state index contributed by atoms with van der Waals surface area (Å²) in [5.41, 5.74) is 5.71. The van der Waals surface area contributed by atoms with Crippen molar-refractivity contribution in [3.05, 3.63) is 83.4 Å². The molecular weight excluding hydrogens is 530 g/mol. The number of carbonyl (C=O) groups excluding carboxylic acids is 1. The minimum absolute atomic E-state index is 0.00845. The van der Waals surface area contributed by atoms with Gasteiger partial charge in [-0.2, -0.15) is 0 Å². The minimum atomic E-state index is -3.63. The molecule has 0 N–H and O–H groups in total. The number of fused-ring (bicyclic) bond motifs is 1. The van der Waals surface area contributed by atoms with E-state index in [1.54, 1.807) is 18.2 Å². The zero-order valence-corrected chi connectivity index (χ0v) is 24.3. The van der Waals surface area contributed by atoms with Crippen molar-refractivity contribution in [1.29, 1.82) is 0 Å². The summed E-state index contributed by atoms with van der Waals surface area (Å²) >= 11 is 1.33. The largest absolute Gasteiger partial charge is 0.308 e. The second-order valence-electron chi connectivity index (χ2n) is 9.93. The molecule has 39 heavy (non-hydrogen) atoms. The van der Waals surface area contributed by atoms with Crippen molar-refractivity contribution in [3.63, 3.8) is 0 Å². The molecule has 0 spiro atoms. The smallest absolute Gasteiger partial charge is 0.242 e. The Hall–Kier alpha value is -3.47. The van der Waals surface area contributed by atoms with E-state index in [9.17, 15) is 13.2 Å². The number of benzene rings is 3. The van der Waals surface area contributed by atoms with Crippen LogP contribution in [0.25, 0.3) is 17.1 Å². The Morgan fingerprint density at radius 1 is 1.00 bits per heavy atom. The van der Waals surface area contributed by atoms with Gasteiger partial charge >= 0.3 is 0 Å². The Morgan fingerprint density at radius 3 is 2.41 bits per heavy atom. The lowest BCUT2D eigenvalue weighted by atomic mass is 10.1. The molecule has 0 saturated carbocycles. The van der Waals surface area contributed by atoms with Crippen LogP contribution in [0.1, 0.15) is 23.6 Å². The lowest BCUT2D eigenvalue weighted by Gasteiger charge is -2.22. The standard InChI is InChI=1S/C29H31N5O3S2/c1-19-10-8-11-20(2)27(19)34-28(23-13-9-14-24(17-23)39(36,37)32(4)5)30-31-29(34)38-18-26(35)33-21(3)16-22-12-6-7-15-25(22)33/h6-15,17,21H,16,18H2,1-5H3/t21-/m1/s1. The molecule has 8 nitrogen and oxygen atoms in total. The highest BCUT2D eigenvalue weighted by molar-refractivity contribution is 7.99. The number of rotatable bonds is 7. The fourth-order valence-corrected chi connectivity index (χ4v) is 6.80. The fourth-order valence-electron chi connectivity index (χ4n) is 5.06. The minimum Gasteiger partial charge on any atom is -0.308 e. The van der Waals surface area contributed by atoms with Gasteiger partial charge in [-0.15, -0.1) is 10.2 Å². The summed E-state index contributed by atoms with van der Waals surface area (Å²) in [6.45, 7) is 6.09. The Bertz CT molecular complexity index is 1640. The normalized spacial score (nSPS) is 15.1. The van der Waals surface area contributed by atoms with Crippen LogP contribution in [0.3, 0.4) is 0 Å². The average Bonchev–Trinajstić information content (AvgIpc) is 3.47. The monoisotopic (exact) mass is 561 g/mol. The first-order valence-electron chi connectivity index (χ1n) is 12.7. The van der Waals surface area contributed by atoms with E-state index >= 15 is 0 Å². The fraction of sp³-hybridized carbons (Fsp3) is 0.276. The highest BCUT2D eigenvalue weighted by Crippen LogP contribution is 2.35. The molecule has 202 valence electrons. The Morgan fingerprint density at radius 2 is 1.69 bits per heavy atom. The van der Waals surface area contributed by atoms with Gasteiger partial charge in [-0.1, -0.05) is 60.3 Å². The number of carbonyl (C=O) groups is 1. The molecule has 1 aromatic heterocycles. The molecule has 2 heterocycles. The predicted octanol–water partition coefficient (Wildman–Crippen LogP) is 4.87. The summed E-state index contributed by atoms with van der Waals surface area (Å²) in [4.78, 5) is 15.5. The molecule has 0 unspecified atom stereocenters. The van der Waals surface area contributed by atoms with Crippen molar-refractivity contribution < 1.29 is 13.2 Å². The van der Waals surface area contributed by atoms with E-state index in [1.807, 2.05) is 65.8 Å². The first-order chi connectivity index (χ1) is 18.6. The van der Waals surface area contributed by atoms with Crippen LogP contribution in [0.15, 0.2) is 76.8 Å². The molecule has 3 aromatic carbocycles. The number of hydrogen-bond donors (Lipinski definition) is 0. The zero-order valence-electron chi connectivity index (χ0n) is 22.6. The van der Waals surface area contributed by atoms with Gasteiger partial charge in [0.1, 0.15) is 0 Å². The molecule has 5 rings (SSSR count). The highest BCUT2D eigenvalue weighted by atomic mass is 32.2. The van der Waals surface area contributed by atoms with E-state index < -0.39 is 10.0 Å². The van der Waals surface area contributed by atoms with Crippen LogP contribution in [0.2, 0.25) is 0 Å². The van der Waals surface area contributed by atoms with Gasteiger partial charge in [-0.05, 0) is 62.1 Å². The molecule has 0 radical (unpaired) electrons. The lowest BCUT2D eigenvalue weighted by molar-refractivity contribution is -0.116. The van der Waals surface area contributed by atoms with E-state index in [-0.39, 0.29) is 22.6 Å². The molecule has 10 heteroatoms. The van der Waals surface area contributed by atoms with Crippen LogP contribution in [0.5, 0.6) is 0 Å². The molecule has 4 aromatic rings. The molecule has 1 aliphatic heterocycles. The van der Waals surface area contributed by atoms with Gasteiger partial charge in [0.25, 0.3) is 0 Å². The SMILES string of the molecule is Cc1cccc(C)c1-n1c(SCC(=O)N2c3ccccc3C[C@H]2C)nnc1-c1cccc(S(=O)(=O)N(C)C)c1. The van der Waals surface area contributed by atoms with Crippen molar-refractivity contribution in [2.45, 2.75) is 43.3 Å². The molecule has 0 fully saturated rings. The molecular formula is C29H31N5O3S2. The topological polar surface area (TPSA) is 88.4 Å². The number of aromatic nitrogens is 3. The second-order valence-corrected chi connectivity index (χ2v) is 13.0. The van der Waals surface area contributed by atoms with E-state index in [1.165, 1.54) is 35.7 Å². The van der Waals surface area contributed by atoms with Gasteiger partial charge in [-0.25, -0.2) is 12.7 Å². The summed E-state index contributed by atoms with van der Waals surface area (Å²) in [5.74, 6) is 0.712. The number of sulfonamides is 1. The molecule has 1 atom stereocenters. The third-order valence-electron chi connectivity index (χ3n) is 6.97.